The minimum absolute atomic E-state index is 0.154. The largest absolute Gasteiger partial charge is 0.481 e. The van der Waals surface area contributed by atoms with Crippen molar-refractivity contribution in [3.63, 3.8) is 0 Å². The molecule has 1 amide bonds. The smallest absolute Gasteiger partial charge is 0.306 e. The number of nitrogens with one attached hydrogen (secondary N) is 1. The predicted octanol–water partition coefficient (Wildman–Crippen LogP) is 6.59. The van der Waals surface area contributed by atoms with Crippen LogP contribution in [0, 0.1) is 23.5 Å². The molecule has 9 heteroatoms. The molecule has 214 valence electrons. The number of pyridine rings is 1. The molecule has 2 aromatic heterocycles. The Morgan fingerprint density at radius 3 is 2.50 bits per heavy atom. The first-order valence-electron chi connectivity index (χ1n) is 14.1. The van der Waals surface area contributed by atoms with Crippen LogP contribution in [0.1, 0.15) is 48.7 Å². The van der Waals surface area contributed by atoms with Gasteiger partial charge in [-0.15, -0.1) is 0 Å². The van der Waals surface area contributed by atoms with Gasteiger partial charge in [0.2, 0.25) is 0 Å². The number of carboxylic acid groups (broad SMARTS) is 1. The van der Waals surface area contributed by atoms with Crippen molar-refractivity contribution in [1.29, 1.82) is 0 Å². The summed E-state index contributed by atoms with van der Waals surface area (Å²) >= 11 is 0. The Kier molecular flexibility index (Phi) is 7.41. The molecule has 0 aliphatic heterocycles. The van der Waals surface area contributed by atoms with Gasteiger partial charge < -0.3 is 10.4 Å². The van der Waals surface area contributed by atoms with E-state index in [0.717, 1.165) is 28.7 Å². The molecule has 5 aromatic rings. The topological polar surface area (TPSA) is 97.1 Å². The van der Waals surface area contributed by atoms with E-state index in [4.69, 9.17) is 4.98 Å². The quantitative estimate of drug-likeness (QED) is 0.231. The summed E-state index contributed by atoms with van der Waals surface area (Å²) in [6.45, 7) is 2.27. The van der Waals surface area contributed by atoms with E-state index in [2.05, 4.69) is 10.4 Å². The van der Waals surface area contributed by atoms with Crippen LogP contribution in [0.15, 0.2) is 72.9 Å². The van der Waals surface area contributed by atoms with Gasteiger partial charge >= 0.3 is 5.97 Å². The Labute approximate surface area is 241 Å². The monoisotopic (exact) mass is 568 g/mol. The van der Waals surface area contributed by atoms with Crippen LogP contribution in [0.2, 0.25) is 0 Å². The normalized spacial score (nSPS) is 17.8. The molecule has 0 radical (unpaired) electrons. The number of rotatable bonds is 7. The molecule has 1 saturated carbocycles. The van der Waals surface area contributed by atoms with Crippen molar-refractivity contribution in [3.05, 3.63) is 95.8 Å². The zero-order valence-electron chi connectivity index (χ0n) is 23.1. The number of aromatic nitrogens is 3. The molecule has 2 N–H and O–H groups in total. The van der Waals surface area contributed by atoms with Crippen molar-refractivity contribution in [3.8, 4) is 11.1 Å². The molecule has 1 aliphatic rings. The molecular formula is C33H30F2N4O3. The number of carboxylic acids is 1. The number of carbonyl (C=O) groups excluding carboxylic acids is 1. The van der Waals surface area contributed by atoms with E-state index in [-0.39, 0.29) is 23.8 Å². The minimum Gasteiger partial charge on any atom is -0.481 e. The number of para-hydroxylation sites is 1. The SMILES string of the molecule is C[C@H](NC(=O)c1cc(-c2ccc(F)c(F)c2)cc2cnn(Cc3ccc4ccccc4n3)c12)C1CCC(C(=O)O)CC1. The fraction of sp³-hybridized carbons (Fsp3) is 0.273. The van der Waals surface area contributed by atoms with Gasteiger partial charge in [-0.2, -0.15) is 5.10 Å². The average Bonchev–Trinajstić information content (AvgIpc) is 3.40. The highest BCUT2D eigenvalue weighted by atomic mass is 19.2. The number of nitrogens with zero attached hydrogens (tertiary/aromatic N) is 3. The summed E-state index contributed by atoms with van der Waals surface area (Å²) in [4.78, 5) is 30.0. The number of amides is 1. The van der Waals surface area contributed by atoms with Crippen LogP contribution in [0.5, 0.6) is 0 Å². The van der Waals surface area contributed by atoms with E-state index in [0.29, 0.717) is 59.8 Å². The van der Waals surface area contributed by atoms with Gasteiger partial charge in [-0.1, -0.05) is 30.3 Å². The Morgan fingerprint density at radius 2 is 1.74 bits per heavy atom. The Morgan fingerprint density at radius 1 is 0.952 bits per heavy atom. The first kappa shape index (κ1) is 27.5. The van der Waals surface area contributed by atoms with Gasteiger partial charge in [-0.05, 0) is 86.1 Å². The third-order valence-electron chi connectivity index (χ3n) is 8.39. The summed E-state index contributed by atoms with van der Waals surface area (Å²) in [6, 6.07) is 18.7. The van der Waals surface area contributed by atoms with Crippen LogP contribution in [-0.4, -0.2) is 37.8 Å². The lowest BCUT2D eigenvalue weighted by Gasteiger charge is -2.31. The highest BCUT2D eigenvalue weighted by Crippen LogP contribution is 2.33. The van der Waals surface area contributed by atoms with E-state index < -0.39 is 17.6 Å². The third kappa shape index (κ3) is 5.46. The lowest BCUT2D eigenvalue weighted by atomic mass is 9.79. The molecule has 6 rings (SSSR count). The maximum absolute atomic E-state index is 14.1. The Bertz CT molecular complexity index is 1810. The standard InChI is InChI=1S/C33H30F2N4O3/c1-19(20-6-8-22(9-7-20)33(41)42)37-32(40)27-15-24(23-11-13-28(34)29(35)16-23)14-25-17-36-39(31(25)27)18-26-12-10-21-4-2-3-5-30(21)38-26/h2-5,10-17,19-20,22H,6-9,18H2,1H3,(H,37,40)(H,41,42)/t19-,20?,22?/m0/s1. The second-order valence-electron chi connectivity index (χ2n) is 11.1. The lowest BCUT2D eigenvalue weighted by molar-refractivity contribution is -0.143. The molecule has 3 aromatic carbocycles. The first-order chi connectivity index (χ1) is 20.3. The number of hydrogen-bond acceptors (Lipinski definition) is 4. The molecule has 0 unspecified atom stereocenters. The number of benzene rings is 3. The molecule has 42 heavy (non-hydrogen) atoms. The number of carbonyl (C=O) groups is 2. The summed E-state index contributed by atoms with van der Waals surface area (Å²) < 4.78 is 29.6. The molecule has 0 spiro atoms. The van der Waals surface area contributed by atoms with Crippen molar-refractivity contribution < 1.29 is 23.5 Å². The molecular weight excluding hydrogens is 538 g/mol. The van der Waals surface area contributed by atoms with E-state index in [9.17, 15) is 23.5 Å². The highest BCUT2D eigenvalue weighted by Gasteiger charge is 2.30. The predicted molar refractivity (Wildman–Crippen MR) is 156 cm³/mol. The summed E-state index contributed by atoms with van der Waals surface area (Å²) in [6.07, 6.45) is 4.26. The second kappa shape index (κ2) is 11.3. The van der Waals surface area contributed by atoms with Crippen molar-refractivity contribution in [2.75, 3.05) is 0 Å². The fourth-order valence-corrected chi connectivity index (χ4v) is 5.99. The first-order valence-corrected chi connectivity index (χ1v) is 14.1. The molecule has 2 heterocycles. The molecule has 1 atom stereocenters. The van der Waals surface area contributed by atoms with Crippen molar-refractivity contribution >= 4 is 33.7 Å². The summed E-state index contributed by atoms with van der Waals surface area (Å²) in [5.74, 6) is -3.18. The highest BCUT2D eigenvalue weighted by molar-refractivity contribution is 6.07. The van der Waals surface area contributed by atoms with Crippen molar-refractivity contribution in [2.24, 2.45) is 11.8 Å². The van der Waals surface area contributed by atoms with Crippen LogP contribution >= 0.6 is 0 Å². The summed E-state index contributed by atoms with van der Waals surface area (Å²) in [5, 5.41) is 18.8. The van der Waals surface area contributed by atoms with Crippen LogP contribution in [0.25, 0.3) is 32.9 Å². The fourth-order valence-electron chi connectivity index (χ4n) is 5.99. The van der Waals surface area contributed by atoms with E-state index >= 15 is 0 Å². The zero-order chi connectivity index (χ0) is 29.4. The van der Waals surface area contributed by atoms with Gasteiger partial charge in [-0.25, -0.2) is 8.78 Å². The number of hydrogen-bond donors (Lipinski definition) is 2. The maximum atomic E-state index is 14.1. The molecule has 1 aliphatic carbocycles. The van der Waals surface area contributed by atoms with Crippen molar-refractivity contribution in [1.82, 2.24) is 20.1 Å². The van der Waals surface area contributed by atoms with Gasteiger partial charge in [0.15, 0.2) is 11.6 Å². The van der Waals surface area contributed by atoms with Crippen molar-refractivity contribution in [2.45, 2.75) is 45.2 Å². The number of halogens is 2. The van der Waals surface area contributed by atoms with Gasteiger partial charge in [-0.3, -0.25) is 19.3 Å². The number of aliphatic carboxylic acids is 1. The van der Waals surface area contributed by atoms with E-state index in [1.807, 2.05) is 49.4 Å². The minimum atomic E-state index is -0.970. The Balaban J connectivity index is 1.36. The third-order valence-corrected chi connectivity index (χ3v) is 8.39. The molecule has 7 nitrogen and oxygen atoms in total. The van der Waals surface area contributed by atoms with Crippen LogP contribution in [-0.2, 0) is 11.3 Å². The van der Waals surface area contributed by atoms with Gasteiger partial charge in [0, 0.05) is 16.8 Å². The lowest BCUT2D eigenvalue weighted by Crippen LogP contribution is -2.40. The van der Waals surface area contributed by atoms with Gasteiger partial charge in [0.1, 0.15) is 0 Å². The van der Waals surface area contributed by atoms with Crippen LogP contribution in [0.3, 0.4) is 0 Å². The maximum Gasteiger partial charge on any atom is 0.306 e. The summed E-state index contributed by atoms with van der Waals surface area (Å²) in [7, 11) is 0. The molecule has 0 saturated heterocycles. The van der Waals surface area contributed by atoms with Gasteiger partial charge in [0.05, 0.1) is 41.0 Å². The summed E-state index contributed by atoms with van der Waals surface area (Å²) in [5.41, 5.74) is 3.60. The van der Waals surface area contributed by atoms with Gasteiger partial charge in [0.25, 0.3) is 5.91 Å². The number of fused-ring (bicyclic) bond motifs is 2. The zero-order valence-corrected chi connectivity index (χ0v) is 23.1. The molecule has 1 fully saturated rings. The average molecular weight is 569 g/mol. The second-order valence-corrected chi connectivity index (χ2v) is 11.1. The van der Waals surface area contributed by atoms with Crippen LogP contribution < -0.4 is 5.32 Å². The van der Waals surface area contributed by atoms with E-state index in [1.54, 1.807) is 16.9 Å². The molecule has 0 bridgehead atoms. The Hall–Kier alpha value is -4.66. The van der Waals surface area contributed by atoms with E-state index in [1.165, 1.54) is 6.07 Å². The van der Waals surface area contributed by atoms with Crippen LogP contribution in [0.4, 0.5) is 8.78 Å².